The highest BCUT2D eigenvalue weighted by molar-refractivity contribution is 7.12. The molecule has 0 spiro atoms. The normalized spacial score (nSPS) is 9.90. The van der Waals surface area contributed by atoms with E-state index in [2.05, 4.69) is 15.5 Å². The van der Waals surface area contributed by atoms with Gasteiger partial charge in [0, 0.05) is 33.3 Å². The van der Waals surface area contributed by atoms with Crippen molar-refractivity contribution >= 4 is 42.1 Å². The van der Waals surface area contributed by atoms with Crippen LogP contribution in [0.2, 0.25) is 0 Å². The van der Waals surface area contributed by atoms with Crippen LogP contribution in [0.3, 0.4) is 0 Å². The van der Waals surface area contributed by atoms with E-state index in [4.69, 9.17) is 4.74 Å². The Bertz CT molecular complexity index is 389. The predicted octanol–water partition coefficient (Wildman–Crippen LogP) is 1.62. The molecule has 0 fully saturated rings. The maximum atomic E-state index is 12.0. The number of methoxy groups -OCH3 is 1. The first-order chi connectivity index (χ1) is 9.15. The third kappa shape index (κ3) is 9.29. The minimum Gasteiger partial charge on any atom is -0.383 e. The minimum atomic E-state index is 0. The summed E-state index contributed by atoms with van der Waals surface area (Å²) in [5, 5.41) is 8.08. The van der Waals surface area contributed by atoms with Gasteiger partial charge in [-0.25, -0.2) is 0 Å². The third-order valence-corrected chi connectivity index (χ3v) is 3.47. The molecule has 0 radical (unpaired) electrons. The van der Waals surface area contributed by atoms with Gasteiger partial charge < -0.3 is 20.3 Å². The largest absolute Gasteiger partial charge is 0.383 e. The Kier molecular flexibility index (Phi) is 14.5. The summed E-state index contributed by atoms with van der Waals surface area (Å²) in [5.74, 6) is 0.0143. The van der Waals surface area contributed by atoms with E-state index in [-0.39, 0.29) is 30.7 Å². The number of rotatable bonds is 9. The minimum absolute atomic E-state index is 0. The average molecular weight is 358 g/mol. The van der Waals surface area contributed by atoms with Gasteiger partial charge >= 0.3 is 0 Å². The van der Waals surface area contributed by atoms with Gasteiger partial charge in [-0.3, -0.25) is 4.79 Å². The first kappa shape index (κ1) is 22.9. The van der Waals surface area contributed by atoms with Crippen LogP contribution in [0.4, 0.5) is 0 Å². The van der Waals surface area contributed by atoms with E-state index in [1.165, 1.54) is 11.3 Å². The first-order valence-electron chi connectivity index (χ1n) is 6.34. The fourth-order valence-corrected chi connectivity index (χ4v) is 2.48. The maximum absolute atomic E-state index is 12.0. The zero-order chi connectivity index (χ0) is 14.1. The van der Waals surface area contributed by atoms with E-state index in [0.29, 0.717) is 13.2 Å². The van der Waals surface area contributed by atoms with E-state index in [9.17, 15) is 4.79 Å². The van der Waals surface area contributed by atoms with Gasteiger partial charge in [-0.2, -0.15) is 0 Å². The zero-order valence-electron chi connectivity index (χ0n) is 12.7. The summed E-state index contributed by atoms with van der Waals surface area (Å²) in [4.78, 5) is 14.9. The second kappa shape index (κ2) is 13.3. The molecule has 0 aliphatic rings. The van der Waals surface area contributed by atoms with Crippen LogP contribution in [-0.2, 0) is 11.3 Å². The van der Waals surface area contributed by atoms with Gasteiger partial charge in [-0.15, -0.1) is 36.2 Å². The van der Waals surface area contributed by atoms with Gasteiger partial charge in [-0.05, 0) is 31.1 Å². The van der Waals surface area contributed by atoms with Gasteiger partial charge in [0.05, 0.1) is 11.5 Å². The lowest BCUT2D eigenvalue weighted by Crippen LogP contribution is -2.33. The van der Waals surface area contributed by atoms with Crippen molar-refractivity contribution < 1.29 is 9.53 Å². The molecule has 1 aromatic heterocycles. The second-order valence-electron chi connectivity index (χ2n) is 4.51. The molecule has 8 heteroatoms. The first-order valence-corrected chi connectivity index (χ1v) is 7.22. The van der Waals surface area contributed by atoms with Gasteiger partial charge in [0.15, 0.2) is 0 Å². The molecule has 0 bridgehead atoms. The van der Waals surface area contributed by atoms with E-state index in [1.54, 1.807) is 7.11 Å². The Labute approximate surface area is 143 Å². The molecule has 1 aromatic rings. The molecule has 0 aliphatic heterocycles. The van der Waals surface area contributed by atoms with Crippen LogP contribution in [0.1, 0.15) is 15.2 Å². The van der Waals surface area contributed by atoms with Crippen molar-refractivity contribution in [3.8, 4) is 0 Å². The summed E-state index contributed by atoms with van der Waals surface area (Å²) in [6.07, 6.45) is 0. The number of ether oxygens (including phenoxy) is 1. The molecule has 0 saturated carbocycles. The number of carbonyl (C=O) groups excluding carboxylic acids is 1. The lowest BCUT2D eigenvalue weighted by molar-refractivity contribution is 0.0956. The molecule has 0 aromatic carbocycles. The molecule has 124 valence electrons. The van der Waals surface area contributed by atoms with E-state index < -0.39 is 0 Å². The van der Waals surface area contributed by atoms with Crippen molar-refractivity contribution in [1.29, 1.82) is 0 Å². The van der Waals surface area contributed by atoms with Crippen molar-refractivity contribution in [1.82, 2.24) is 15.5 Å². The van der Waals surface area contributed by atoms with Gasteiger partial charge in [0.25, 0.3) is 5.91 Å². The zero-order valence-corrected chi connectivity index (χ0v) is 15.1. The van der Waals surface area contributed by atoms with Gasteiger partial charge in [0.1, 0.15) is 0 Å². The molecule has 2 N–H and O–H groups in total. The number of carbonyl (C=O) groups is 1. The summed E-state index contributed by atoms with van der Waals surface area (Å²) in [6, 6.07) is 2.01. The second-order valence-corrected chi connectivity index (χ2v) is 5.43. The number of hydrogen-bond acceptors (Lipinski definition) is 5. The summed E-state index contributed by atoms with van der Waals surface area (Å²) in [7, 11) is 5.67. The standard InChI is InChI=1S/C13H23N3O2S.2ClH/c1-16(2)10-11-4-9-19-12(11)13(17)15-6-5-14-7-8-18-3;;/h4,9,14H,5-8,10H2,1-3H3,(H,15,17);2*1H. The Morgan fingerprint density at radius 3 is 2.62 bits per heavy atom. The SMILES string of the molecule is COCCNCCNC(=O)c1sccc1CN(C)C.Cl.Cl. The van der Waals surface area contributed by atoms with E-state index >= 15 is 0 Å². The number of halogens is 2. The van der Waals surface area contributed by atoms with Crippen molar-refractivity contribution in [2.45, 2.75) is 6.54 Å². The monoisotopic (exact) mass is 357 g/mol. The number of nitrogens with zero attached hydrogens (tertiary/aromatic N) is 1. The Hall–Kier alpha value is -0.370. The molecule has 0 atom stereocenters. The summed E-state index contributed by atoms with van der Waals surface area (Å²) in [5.41, 5.74) is 1.08. The summed E-state index contributed by atoms with van der Waals surface area (Å²) < 4.78 is 4.93. The highest BCUT2D eigenvalue weighted by atomic mass is 35.5. The van der Waals surface area contributed by atoms with Crippen LogP contribution >= 0.6 is 36.2 Å². The maximum Gasteiger partial charge on any atom is 0.261 e. The average Bonchev–Trinajstić information content (AvgIpc) is 2.80. The fraction of sp³-hybridized carbons (Fsp3) is 0.615. The molecule has 0 unspecified atom stereocenters. The van der Waals surface area contributed by atoms with Gasteiger partial charge in [-0.1, -0.05) is 0 Å². The highest BCUT2D eigenvalue weighted by Crippen LogP contribution is 2.17. The van der Waals surface area contributed by atoms with Crippen molar-refractivity contribution in [3.05, 3.63) is 21.9 Å². The quantitative estimate of drug-likeness (QED) is 0.659. The van der Waals surface area contributed by atoms with Crippen LogP contribution in [0.5, 0.6) is 0 Å². The highest BCUT2D eigenvalue weighted by Gasteiger charge is 2.12. The van der Waals surface area contributed by atoms with Crippen LogP contribution < -0.4 is 10.6 Å². The molecular weight excluding hydrogens is 333 g/mol. The van der Waals surface area contributed by atoms with Crippen molar-refractivity contribution in [3.63, 3.8) is 0 Å². The van der Waals surface area contributed by atoms with Crippen molar-refractivity contribution in [2.75, 3.05) is 47.4 Å². The summed E-state index contributed by atoms with van der Waals surface area (Å²) in [6.45, 7) is 3.66. The van der Waals surface area contributed by atoms with Crippen LogP contribution in [0, 0.1) is 0 Å². The number of thiophene rings is 1. The smallest absolute Gasteiger partial charge is 0.261 e. The Balaban J connectivity index is 0. The lowest BCUT2D eigenvalue weighted by atomic mass is 10.2. The molecule has 21 heavy (non-hydrogen) atoms. The van der Waals surface area contributed by atoms with Crippen LogP contribution in [0.15, 0.2) is 11.4 Å². The Morgan fingerprint density at radius 2 is 2.00 bits per heavy atom. The molecule has 1 rings (SSSR count). The molecule has 1 heterocycles. The predicted molar refractivity (Wildman–Crippen MR) is 93.3 cm³/mol. The van der Waals surface area contributed by atoms with Gasteiger partial charge in [0.2, 0.25) is 0 Å². The fourth-order valence-electron chi connectivity index (χ4n) is 1.64. The molecule has 1 amide bonds. The number of nitrogens with one attached hydrogen (secondary N) is 2. The van der Waals surface area contributed by atoms with E-state index in [0.717, 1.165) is 30.1 Å². The molecular formula is C13H25Cl2N3O2S. The number of amides is 1. The molecule has 0 aliphatic carbocycles. The number of hydrogen-bond donors (Lipinski definition) is 2. The third-order valence-electron chi connectivity index (χ3n) is 2.51. The molecule has 5 nitrogen and oxygen atoms in total. The molecule has 0 saturated heterocycles. The topological polar surface area (TPSA) is 53.6 Å². The van der Waals surface area contributed by atoms with Crippen LogP contribution in [0.25, 0.3) is 0 Å². The lowest BCUT2D eigenvalue weighted by Gasteiger charge is -2.10. The van der Waals surface area contributed by atoms with E-state index in [1.807, 2.05) is 25.5 Å². The van der Waals surface area contributed by atoms with Crippen LogP contribution in [-0.4, -0.2) is 58.3 Å². The van der Waals surface area contributed by atoms with Crippen molar-refractivity contribution in [2.24, 2.45) is 0 Å². The Morgan fingerprint density at radius 1 is 1.29 bits per heavy atom. The summed E-state index contributed by atoms with van der Waals surface area (Å²) >= 11 is 1.49.